The van der Waals surface area contributed by atoms with E-state index in [1.54, 1.807) is 19.2 Å². The van der Waals surface area contributed by atoms with Gasteiger partial charge in [0.15, 0.2) is 5.82 Å². The van der Waals surface area contributed by atoms with Crippen molar-refractivity contribution in [2.75, 3.05) is 25.6 Å². The summed E-state index contributed by atoms with van der Waals surface area (Å²) in [5, 5.41) is 2.99. The Hall–Kier alpha value is -0.720. The summed E-state index contributed by atoms with van der Waals surface area (Å²) in [6.45, 7) is 1.28. The van der Waals surface area contributed by atoms with Crippen molar-refractivity contribution in [3.8, 4) is 0 Å². The molecule has 0 spiro atoms. The molecule has 0 aliphatic carbocycles. The van der Waals surface area contributed by atoms with Gasteiger partial charge in [-0.1, -0.05) is 12.2 Å². The molecule has 94 valence electrons. The van der Waals surface area contributed by atoms with Crippen molar-refractivity contribution in [1.29, 1.82) is 0 Å². The maximum absolute atomic E-state index is 13.9. The number of nitrogens with one attached hydrogen (secondary N) is 1. The van der Waals surface area contributed by atoms with E-state index in [0.717, 1.165) is 6.42 Å². The lowest BCUT2D eigenvalue weighted by Gasteiger charge is -2.10. The van der Waals surface area contributed by atoms with Gasteiger partial charge in [-0.15, -0.1) is 0 Å². The van der Waals surface area contributed by atoms with E-state index < -0.39 is 0 Å². The number of rotatable bonds is 6. The number of nitrogens with two attached hydrogens (primary N) is 1. The number of hydrogen-bond donors (Lipinski definition) is 2. The molecule has 0 saturated heterocycles. The second-order valence-corrected chi connectivity index (χ2v) is 4.66. The van der Waals surface area contributed by atoms with Gasteiger partial charge in [-0.25, -0.2) is 4.39 Å². The van der Waals surface area contributed by atoms with E-state index in [1.807, 2.05) is 0 Å². The number of methoxy groups -OCH3 is 1. The van der Waals surface area contributed by atoms with Crippen LogP contribution in [0.4, 0.5) is 10.1 Å². The zero-order valence-electron chi connectivity index (χ0n) is 9.43. The molecule has 17 heavy (non-hydrogen) atoms. The fourth-order valence-electron chi connectivity index (χ4n) is 1.32. The Kier molecular flexibility index (Phi) is 5.80. The van der Waals surface area contributed by atoms with Gasteiger partial charge in [0.25, 0.3) is 0 Å². The highest BCUT2D eigenvalue weighted by molar-refractivity contribution is 9.10. The number of anilines is 1. The summed E-state index contributed by atoms with van der Waals surface area (Å²) in [5.74, 6) is -0.382. The third-order valence-electron chi connectivity index (χ3n) is 2.19. The molecular weight excluding hydrogens is 307 g/mol. The third kappa shape index (κ3) is 3.90. The molecular formula is C11H14BrFN2OS. The van der Waals surface area contributed by atoms with Gasteiger partial charge in [0.1, 0.15) is 4.99 Å². The second-order valence-electron chi connectivity index (χ2n) is 3.43. The van der Waals surface area contributed by atoms with Crippen LogP contribution in [-0.2, 0) is 4.74 Å². The van der Waals surface area contributed by atoms with Gasteiger partial charge in [-0.2, -0.15) is 0 Å². The van der Waals surface area contributed by atoms with E-state index >= 15 is 0 Å². The average molecular weight is 321 g/mol. The van der Waals surface area contributed by atoms with Gasteiger partial charge in [-0.05, 0) is 34.5 Å². The molecule has 0 heterocycles. The van der Waals surface area contributed by atoms with Crippen LogP contribution in [0.1, 0.15) is 12.0 Å². The summed E-state index contributed by atoms with van der Waals surface area (Å²) < 4.78 is 19.1. The van der Waals surface area contributed by atoms with Crippen molar-refractivity contribution in [2.45, 2.75) is 6.42 Å². The van der Waals surface area contributed by atoms with Crippen LogP contribution in [-0.4, -0.2) is 25.2 Å². The number of benzene rings is 1. The van der Waals surface area contributed by atoms with Gasteiger partial charge in [0.05, 0.1) is 10.2 Å². The normalized spacial score (nSPS) is 10.3. The zero-order chi connectivity index (χ0) is 12.8. The first-order chi connectivity index (χ1) is 8.07. The first-order valence-corrected chi connectivity index (χ1v) is 6.28. The van der Waals surface area contributed by atoms with Crippen molar-refractivity contribution in [3.63, 3.8) is 0 Å². The lowest BCUT2D eigenvalue weighted by Crippen LogP contribution is -2.12. The van der Waals surface area contributed by atoms with Crippen LogP contribution in [0.25, 0.3) is 0 Å². The topological polar surface area (TPSA) is 47.3 Å². The van der Waals surface area contributed by atoms with E-state index in [-0.39, 0.29) is 10.8 Å². The molecule has 0 radical (unpaired) electrons. The molecule has 0 amide bonds. The number of halogens is 2. The van der Waals surface area contributed by atoms with Crippen molar-refractivity contribution in [1.82, 2.24) is 0 Å². The quantitative estimate of drug-likeness (QED) is 0.625. The van der Waals surface area contributed by atoms with Crippen LogP contribution in [0.15, 0.2) is 16.6 Å². The Balaban J connectivity index is 2.75. The van der Waals surface area contributed by atoms with Gasteiger partial charge < -0.3 is 15.8 Å². The van der Waals surface area contributed by atoms with E-state index in [0.29, 0.717) is 28.9 Å². The first kappa shape index (κ1) is 14.3. The fourth-order valence-corrected chi connectivity index (χ4v) is 2.18. The highest BCUT2D eigenvalue weighted by atomic mass is 79.9. The molecule has 1 aromatic carbocycles. The molecule has 0 aromatic heterocycles. The van der Waals surface area contributed by atoms with Gasteiger partial charge in [0, 0.05) is 25.8 Å². The molecule has 3 N–H and O–H groups in total. The van der Waals surface area contributed by atoms with E-state index in [1.165, 1.54) is 0 Å². The van der Waals surface area contributed by atoms with Crippen molar-refractivity contribution < 1.29 is 9.13 Å². The molecule has 0 saturated carbocycles. The standard InChI is InChI=1S/C11H14BrFN2OS/c1-16-6-2-5-15-8-4-3-7(11(14)17)9(12)10(8)13/h3-4,15H,2,5-6H2,1H3,(H2,14,17). The van der Waals surface area contributed by atoms with Gasteiger partial charge in [-0.3, -0.25) is 0 Å². The molecule has 0 bridgehead atoms. The summed E-state index contributed by atoms with van der Waals surface area (Å²) in [6.07, 6.45) is 0.810. The number of ether oxygens (including phenoxy) is 1. The highest BCUT2D eigenvalue weighted by Crippen LogP contribution is 2.26. The summed E-state index contributed by atoms with van der Waals surface area (Å²) in [6, 6.07) is 3.32. The lowest BCUT2D eigenvalue weighted by molar-refractivity contribution is 0.197. The molecule has 0 aliphatic rings. The number of thiocarbonyl (C=S) groups is 1. The van der Waals surface area contributed by atoms with Crippen LogP contribution in [0, 0.1) is 5.82 Å². The Morgan fingerprint density at radius 1 is 1.59 bits per heavy atom. The van der Waals surface area contributed by atoms with Crippen LogP contribution < -0.4 is 11.1 Å². The van der Waals surface area contributed by atoms with E-state index in [4.69, 9.17) is 22.7 Å². The summed E-state index contributed by atoms with van der Waals surface area (Å²) >= 11 is 7.97. The fraction of sp³-hybridized carbons (Fsp3) is 0.364. The highest BCUT2D eigenvalue weighted by Gasteiger charge is 2.12. The van der Waals surface area contributed by atoms with Crippen molar-refractivity contribution >= 4 is 38.8 Å². The maximum Gasteiger partial charge on any atom is 0.161 e. The molecule has 0 atom stereocenters. The minimum absolute atomic E-state index is 0.168. The predicted molar refractivity (Wildman–Crippen MR) is 75.0 cm³/mol. The van der Waals surface area contributed by atoms with Gasteiger partial charge >= 0.3 is 0 Å². The van der Waals surface area contributed by atoms with Crippen LogP contribution >= 0.6 is 28.1 Å². The Morgan fingerprint density at radius 2 is 2.29 bits per heavy atom. The van der Waals surface area contributed by atoms with Crippen LogP contribution in [0.3, 0.4) is 0 Å². The van der Waals surface area contributed by atoms with Crippen LogP contribution in [0.2, 0.25) is 0 Å². The largest absolute Gasteiger partial charge is 0.389 e. The molecule has 0 fully saturated rings. The smallest absolute Gasteiger partial charge is 0.161 e. The van der Waals surface area contributed by atoms with E-state index in [9.17, 15) is 4.39 Å². The lowest BCUT2D eigenvalue weighted by atomic mass is 10.2. The first-order valence-electron chi connectivity index (χ1n) is 5.08. The monoisotopic (exact) mass is 320 g/mol. The molecule has 0 unspecified atom stereocenters. The minimum atomic E-state index is -0.382. The Bertz CT molecular complexity index is 415. The average Bonchev–Trinajstić information content (AvgIpc) is 2.29. The van der Waals surface area contributed by atoms with Crippen molar-refractivity contribution in [3.05, 3.63) is 28.0 Å². The van der Waals surface area contributed by atoms with Crippen molar-refractivity contribution in [2.24, 2.45) is 5.73 Å². The Morgan fingerprint density at radius 3 is 2.88 bits per heavy atom. The zero-order valence-corrected chi connectivity index (χ0v) is 11.8. The molecule has 1 aromatic rings. The summed E-state index contributed by atoms with van der Waals surface area (Å²) in [7, 11) is 1.63. The molecule has 0 aliphatic heterocycles. The van der Waals surface area contributed by atoms with Crippen LogP contribution in [0.5, 0.6) is 0 Å². The third-order valence-corrected chi connectivity index (χ3v) is 3.18. The molecule has 1 rings (SSSR count). The molecule has 3 nitrogen and oxygen atoms in total. The SMILES string of the molecule is COCCCNc1ccc(C(N)=S)c(Br)c1F. The van der Waals surface area contributed by atoms with E-state index in [2.05, 4.69) is 21.2 Å². The predicted octanol–water partition coefficient (Wildman–Crippen LogP) is 2.67. The summed E-state index contributed by atoms with van der Waals surface area (Å²) in [5.41, 5.74) is 6.40. The molecule has 6 heteroatoms. The maximum atomic E-state index is 13.9. The van der Waals surface area contributed by atoms with Gasteiger partial charge in [0.2, 0.25) is 0 Å². The summed E-state index contributed by atoms with van der Waals surface area (Å²) in [4.78, 5) is 0.168. The minimum Gasteiger partial charge on any atom is -0.389 e. The Labute approximate surface area is 114 Å². The number of hydrogen-bond acceptors (Lipinski definition) is 3. The second kappa shape index (κ2) is 6.88.